The van der Waals surface area contributed by atoms with Gasteiger partial charge < -0.3 is 10.6 Å². The van der Waals surface area contributed by atoms with Crippen LogP contribution in [0.25, 0.3) is 0 Å². The Bertz CT molecular complexity index is 997. The van der Waals surface area contributed by atoms with E-state index in [4.69, 9.17) is 0 Å². The molecule has 1 heterocycles. The first-order chi connectivity index (χ1) is 12.9. The molecule has 6 nitrogen and oxygen atoms in total. The first kappa shape index (κ1) is 18.3. The number of Topliss-reactive ketones (excluding diaryl/α,β-unsaturated/α-hetero) is 1. The fourth-order valence-corrected chi connectivity index (χ4v) is 2.53. The molecular formula is C21H20N4O2. The quantitative estimate of drug-likeness (QED) is 0.663. The molecule has 1 amide bonds. The molecule has 27 heavy (non-hydrogen) atoms. The average molecular weight is 360 g/mol. The maximum absolute atomic E-state index is 12.3. The number of aromatic nitrogens is 2. The van der Waals surface area contributed by atoms with Crippen LogP contribution in [-0.2, 0) is 0 Å². The Morgan fingerprint density at radius 1 is 0.963 bits per heavy atom. The molecule has 0 saturated heterocycles. The van der Waals surface area contributed by atoms with Gasteiger partial charge in [0, 0.05) is 16.9 Å². The molecule has 2 N–H and O–H groups in total. The number of nitrogens with one attached hydrogen (secondary N) is 2. The summed E-state index contributed by atoms with van der Waals surface area (Å²) < 4.78 is 0. The maximum Gasteiger partial charge on any atom is 0.275 e. The van der Waals surface area contributed by atoms with Crippen molar-refractivity contribution in [3.63, 3.8) is 0 Å². The average Bonchev–Trinajstić information content (AvgIpc) is 2.65. The summed E-state index contributed by atoms with van der Waals surface area (Å²) in [6.07, 6.45) is 2.93. The molecule has 3 rings (SSSR count). The second-order valence-corrected chi connectivity index (χ2v) is 6.32. The predicted molar refractivity (Wildman–Crippen MR) is 106 cm³/mol. The van der Waals surface area contributed by atoms with Gasteiger partial charge in [0.25, 0.3) is 5.91 Å². The van der Waals surface area contributed by atoms with E-state index in [0.29, 0.717) is 17.1 Å². The van der Waals surface area contributed by atoms with E-state index in [-0.39, 0.29) is 17.4 Å². The number of carbonyl (C=O) groups is 2. The number of hydrogen-bond acceptors (Lipinski definition) is 5. The lowest BCUT2D eigenvalue weighted by Gasteiger charge is -2.10. The highest BCUT2D eigenvalue weighted by Gasteiger charge is 2.10. The van der Waals surface area contributed by atoms with E-state index >= 15 is 0 Å². The zero-order valence-electron chi connectivity index (χ0n) is 15.4. The van der Waals surface area contributed by atoms with Crippen molar-refractivity contribution < 1.29 is 9.59 Å². The van der Waals surface area contributed by atoms with Crippen LogP contribution in [0.1, 0.15) is 38.9 Å². The van der Waals surface area contributed by atoms with Crippen LogP contribution in [0.2, 0.25) is 0 Å². The van der Waals surface area contributed by atoms with Crippen LogP contribution in [0.5, 0.6) is 0 Å². The summed E-state index contributed by atoms with van der Waals surface area (Å²) in [6, 6.07) is 12.9. The van der Waals surface area contributed by atoms with E-state index in [1.807, 2.05) is 32.0 Å². The normalized spacial score (nSPS) is 10.3. The highest BCUT2D eigenvalue weighted by Crippen LogP contribution is 2.20. The lowest BCUT2D eigenvalue weighted by Crippen LogP contribution is -2.14. The van der Waals surface area contributed by atoms with Gasteiger partial charge >= 0.3 is 0 Å². The largest absolute Gasteiger partial charge is 0.339 e. The first-order valence-corrected chi connectivity index (χ1v) is 8.51. The highest BCUT2D eigenvalue weighted by atomic mass is 16.2. The Labute approximate surface area is 157 Å². The van der Waals surface area contributed by atoms with Crippen molar-refractivity contribution in [2.24, 2.45) is 0 Å². The van der Waals surface area contributed by atoms with Gasteiger partial charge in [-0.2, -0.15) is 0 Å². The summed E-state index contributed by atoms with van der Waals surface area (Å²) in [5, 5.41) is 5.93. The number of nitrogens with zero attached hydrogens (tertiary/aromatic N) is 2. The van der Waals surface area contributed by atoms with Crippen molar-refractivity contribution in [1.82, 2.24) is 9.97 Å². The minimum atomic E-state index is -0.388. The van der Waals surface area contributed by atoms with Gasteiger partial charge in [-0.05, 0) is 50.1 Å². The number of benzene rings is 2. The van der Waals surface area contributed by atoms with E-state index < -0.39 is 0 Å². The molecule has 1 aromatic heterocycles. The van der Waals surface area contributed by atoms with Gasteiger partial charge in [-0.25, -0.2) is 9.97 Å². The monoisotopic (exact) mass is 360 g/mol. The molecule has 0 radical (unpaired) electrons. The zero-order valence-corrected chi connectivity index (χ0v) is 15.4. The maximum atomic E-state index is 12.3. The minimum Gasteiger partial charge on any atom is -0.339 e. The second kappa shape index (κ2) is 7.78. The number of carbonyl (C=O) groups excluding carboxylic acids is 2. The highest BCUT2D eigenvalue weighted by molar-refractivity contribution is 6.03. The number of aryl methyl sites for hydroxylation is 2. The van der Waals surface area contributed by atoms with Crippen LogP contribution in [-0.4, -0.2) is 21.7 Å². The molecule has 136 valence electrons. The fraction of sp³-hybridized carbons (Fsp3) is 0.143. The molecule has 0 unspecified atom stereocenters. The molecule has 0 aliphatic heterocycles. The lowest BCUT2D eigenvalue weighted by molar-refractivity contribution is 0.100. The lowest BCUT2D eigenvalue weighted by atomic mass is 10.1. The summed E-state index contributed by atoms with van der Waals surface area (Å²) in [4.78, 5) is 32.2. The van der Waals surface area contributed by atoms with Crippen molar-refractivity contribution in [3.8, 4) is 0 Å². The molecule has 2 aromatic carbocycles. The summed E-state index contributed by atoms with van der Waals surface area (Å²) >= 11 is 0. The predicted octanol–water partition coefficient (Wildman–Crippen LogP) is 4.29. The van der Waals surface area contributed by atoms with Gasteiger partial charge in [0.2, 0.25) is 0 Å². The van der Waals surface area contributed by atoms with Crippen molar-refractivity contribution in [3.05, 3.63) is 77.2 Å². The van der Waals surface area contributed by atoms with Gasteiger partial charge in [0.05, 0.1) is 12.4 Å². The third-order valence-electron chi connectivity index (χ3n) is 4.07. The molecule has 0 aliphatic rings. The Morgan fingerprint density at radius 3 is 2.48 bits per heavy atom. The molecule has 0 spiro atoms. The summed E-state index contributed by atoms with van der Waals surface area (Å²) in [7, 11) is 0. The van der Waals surface area contributed by atoms with Crippen LogP contribution in [0.15, 0.2) is 54.9 Å². The van der Waals surface area contributed by atoms with Crippen LogP contribution in [0.3, 0.4) is 0 Å². The van der Waals surface area contributed by atoms with Gasteiger partial charge in [-0.3, -0.25) is 9.59 Å². The van der Waals surface area contributed by atoms with Crippen molar-refractivity contribution in [1.29, 1.82) is 0 Å². The van der Waals surface area contributed by atoms with Crippen LogP contribution in [0.4, 0.5) is 17.2 Å². The van der Waals surface area contributed by atoms with Crippen LogP contribution >= 0.6 is 0 Å². The fourth-order valence-electron chi connectivity index (χ4n) is 2.53. The SMILES string of the molecule is CC(=O)c1cccc(NC(=O)c2cnc(Nc3cc(C)ccc3C)cn2)c1. The van der Waals surface area contributed by atoms with E-state index in [0.717, 1.165) is 16.8 Å². The Morgan fingerprint density at radius 2 is 1.78 bits per heavy atom. The number of amides is 1. The standard InChI is InChI=1S/C21H20N4O2/c1-13-7-8-14(2)18(9-13)25-20-12-22-19(11-23-20)21(27)24-17-6-4-5-16(10-17)15(3)26/h4-12H,1-3H3,(H,23,25)(H,24,27). The zero-order chi connectivity index (χ0) is 19.4. The third kappa shape index (κ3) is 4.55. The first-order valence-electron chi connectivity index (χ1n) is 8.51. The van der Waals surface area contributed by atoms with Crippen molar-refractivity contribution >= 4 is 28.9 Å². The number of ketones is 1. The number of hydrogen-bond donors (Lipinski definition) is 2. The minimum absolute atomic E-state index is 0.0623. The van der Waals surface area contributed by atoms with Crippen molar-refractivity contribution in [2.45, 2.75) is 20.8 Å². The summed E-state index contributed by atoms with van der Waals surface area (Å²) in [5.41, 5.74) is 4.44. The molecule has 6 heteroatoms. The van der Waals surface area contributed by atoms with Gasteiger partial charge in [0.1, 0.15) is 11.5 Å². The topological polar surface area (TPSA) is 84.0 Å². The Balaban J connectivity index is 1.71. The molecule has 0 aliphatic carbocycles. The molecule has 0 atom stereocenters. The second-order valence-electron chi connectivity index (χ2n) is 6.32. The van der Waals surface area contributed by atoms with Crippen molar-refractivity contribution in [2.75, 3.05) is 10.6 Å². The number of rotatable bonds is 5. The third-order valence-corrected chi connectivity index (χ3v) is 4.07. The van der Waals surface area contributed by atoms with Crippen LogP contribution in [0, 0.1) is 13.8 Å². The van der Waals surface area contributed by atoms with E-state index in [9.17, 15) is 9.59 Å². The number of anilines is 3. The summed E-state index contributed by atoms with van der Waals surface area (Å²) in [6.45, 7) is 5.51. The van der Waals surface area contributed by atoms with E-state index in [1.54, 1.807) is 24.3 Å². The molecule has 3 aromatic rings. The van der Waals surface area contributed by atoms with E-state index in [2.05, 4.69) is 20.6 Å². The van der Waals surface area contributed by atoms with Crippen LogP contribution < -0.4 is 10.6 Å². The Hall–Kier alpha value is -3.54. The molecule has 0 fully saturated rings. The van der Waals surface area contributed by atoms with Gasteiger partial charge in [-0.15, -0.1) is 0 Å². The smallest absolute Gasteiger partial charge is 0.275 e. The Kier molecular flexibility index (Phi) is 5.26. The summed E-state index contributed by atoms with van der Waals surface area (Å²) in [5.74, 6) is 0.105. The van der Waals surface area contributed by atoms with Gasteiger partial charge in [-0.1, -0.05) is 24.3 Å². The molecular weight excluding hydrogens is 340 g/mol. The molecule has 0 bridgehead atoms. The van der Waals surface area contributed by atoms with E-state index in [1.165, 1.54) is 19.3 Å². The molecule has 0 saturated carbocycles. The van der Waals surface area contributed by atoms with Gasteiger partial charge in [0.15, 0.2) is 5.78 Å².